The second kappa shape index (κ2) is 8.47. The zero-order valence-corrected chi connectivity index (χ0v) is 14.2. The van der Waals surface area contributed by atoms with Crippen LogP contribution in [0.5, 0.6) is 5.75 Å². The molecule has 0 bridgehead atoms. The van der Waals surface area contributed by atoms with Crippen molar-refractivity contribution in [1.29, 1.82) is 0 Å². The number of benzene rings is 2. The molecular weight excluding hydrogens is 328 g/mol. The topological polar surface area (TPSA) is 84.5 Å². The Morgan fingerprint density at radius 1 is 1.08 bits per heavy atom. The molecule has 0 saturated carbocycles. The fourth-order valence-electron chi connectivity index (χ4n) is 2.04. The van der Waals surface area contributed by atoms with Crippen molar-refractivity contribution in [1.82, 2.24) is 4.72 Å². The predicted molar refractivity (Wildman–Crippen MR) is 92.5 cm³/mol. The molecule has 0 saturated heterocycles. The van der Waals surface area contributed by atoms with E-state index in [1.165, 1.54) is 12.1 Å². The number of hydrogen-bond acceptors (Lipinski definition) is 4. The second-order valence-corrected chi connectivity index (χ2v) is 6.74. The van der Waals surface area contributed by atoms with Crippen LogP contribution >= 0.6 is 0 Å². The molecular formula is C17H20N2O4S. The third-order valence-electron chi connectivity index (χ3n) is 3.13. The zero-order valence-electron chi connectivity index (χ0n) is 13.4. The average molecular weight is 348 g/mol. The van der Waals surface area contributed by atoms with E-state index in [0.717, 1.165) is 0 Å². The van der Waals surface area contributed by atoms with Crippen molar-refractivity contribution in [3.63, 3.8) is 0 Å². The van der Waals surface area contributed by atoms with Crippen LogP contribution in [-0.4, -0.2) is 27.5 Å². The monoisotopic (exact) mass is 348 g/mol. The lowest BCUT2D eigenvalue weighted by atomic mass is 10.3. The van der Waals surface area contributed by atoms with Crippen LogP contribution in [0, 0.1) is 0 Å². The van der Waals surface area contributed by atoms with Crippen LogP contribution in [-0.2, 0) is 14.8 Å². The van der Waals surface area contributed by atoms with Gasteiger partial charge < -0.3 is 10.1 Å². The lowest BCUT2D eigenvalue weighted by molar-refractivity contribution is -0.116. The molecule has 7 heteroatoms. The van der Waals surface area contributed by atoms with Gasteiger partial charge in [-0.2, -0.15) is 0 Å². The van der Waals surface area contributed by atoms with Gasteiger partial charge in [0.1, 0.15) is 5.75 Å². The average Bonchev–Trinajstić information content (AvgIpc) is 2.56. The molecule has 0 heterocycles. The molecule has 2 rings (SSSR count). The molecule has 2 aromatic rings. The van der Waals surface area contributed by atoms with Crippen LogP contribution < -0.4 is 14.8 Å². The summed E-state index contributed by atoms with van der Waals surface area (Å²) in [7, 11) is -3.59. The normalized spacial score (nSPS) is 11.0. The lowest BCUT2D eigenvalue weighted by Crippen LogP contribution is -2.27. The van der Waals surface area contributed by atoms with Gasteiger partial charge in [0.05, 0.1) is 11.5 Å². The van der Waals surface area contributed by atoms with Gasteiger partial charge in [-0.25, -0.2) is 13.1 Å². The fourth-order valence-corrected chi connectivity index (χ4v) is 3.09. The molecule has 0 atom stereocenters. The highest BCUT2D eigenvalue weighted by atomic mass is 32.2. The molecule has 2 aromatic carbocycles. The summed E-state index contributed by atoms with van der Waals surface area (Å²) >= 11 is 0. The van der Waals surface area contributed by atoms with E-state index in [1.54, 1.807) is 42.5 Å². The van der Waals surface area contributed by atoms with Gasteiger partial charge in [-0.15, -0.1) is 0 Å². The summed E-state index contributed by atoms with van der Waals surface area (Å²) in [6, 6.07) is 15.1. The maximum atomic E-state index is 12.0. The Kier molecular flexibility index (Phi) is 6.34. The first-order chi connectivity index (χ1) is 11.5. The van der Waals surface area contributed by atoms with Gasteiger partial charge in [-0.3, -0.25) is 4.79 Å². The molecule has 24 heavy (non-hydrogen) atoms. The standard InChI is InChI=1S/C17H20N2O4S/c1-2-23-15-8-6-7-14(13-15)19-17(20)11-12-18-24(21,22)16-9-4-3-5-10-16/h3-10,13,18H,2,11-12H2,1H3,(H,19,20). The first-order valence-corrected chi connectivity index (χ1v) is 9.07. The summed E-state index contributed by atoms with van der Waals surface area (Å²) in [5.41, 5.74) is 0.608. The number of nitrogens with one attached hydrogen (secondary N) is 2. The Hall–Kier alpha value is -2.38. The van der Waals surface area contributed by atoms with Crippen molar-refractivity contribution >= 4 is 21.6 Å². The molecule has 6 nitrogen and oxygen atoms in total. The molecule has 0 aliphatic heterocycles. The largest absolute Gasteiger partial charge is 0.494 e. The third kappa shape index (κ3) is 5.36. The van der Waals surface area contributed by atoms with Crippen molar-refractivity contribution in [3.8, 4) is 5.75 Å². The van der Waals surface area contributed by atoms with Crippen molar-refractivity contribution in [3.05, 3.63) is 54.6 Å². The number of rotatable bonds is 8. The summed E-state index contributed by atoms with van der Waals surface area (Å²) in [5, 5.41) is 2.71. The molecule has 0 unspecified atom stereocenters. The molecule has 0 aromatic heterocycles. The van der Waals surface area contributed by atoms with Crippen molar-refractivity contribution in [2.45, 2.75) is 18.2 Å². The van der Waals surface area contributed by atoms with Gasteiger partial charge in [0.15, 0.2) is 0 Å². The Labute approximate surface area is 141 Å². The van der Waals surface area contributed by atoms with E-state index < -0.39 is 10.0 Å². The van der Waals surface area contributed by atoms with Crippen molar-refractivity contribution in [2.24, 2.45) is 0 Å². The first kappa shape index (κ1) is 18.0. The molecule has 0 aliphatic rings. The fraction of sp³-hybridized carbons (Fsp3) is 0.235. The summed E-state index contributed by atoms with van der Waals surface area (Å²) in [6.45, 7) is 2.44. The maximum absolute atomic E-state index is 12.0. The van der Waals surface area contributed by atoms with Crippen LogP contribution in [0.2, 0.25) is 0 Å². The molecule has 2 N–H and O–H groups in total. The molecule has 0 spiro atoms. The number of amides is 1. The quantitative estimate of drug-likeness (QED) is 0.767. The summed E-state index contributed by atoms with van der Waals surface area (Å²) < 4.78 is 31.8. The zero-order chi connectivity index (χ0) is 17.4. The number of anilines is 1. The van der Waals surface area contributed by atoms with Crippen molar-refractivity contribution in [2.75, 3.05) is 18.5 Å². The molecule has 0 radical (unpaired) electrons. The van der Waals surface area contributed by atoms with Gasteiger partial charge in [-0.05, 0) is 31.2 Å². The van der Waals surface area contributed by atoms with Gasteiger partial charge in [0, 0.05) is 24.7 Å². The number of carbonyl (C=O) groups excluding carboxylic acids is 1. The van der Waals surface area contributed by atoms with Crippen LogP contribution in [0.3, 0.4) is 0 Å². The van der Waals surface area contributed by atoms with Gasteiger partial charge in [0.2, 0.25) is 15.9 Å². The van der Waals surface area contributed by atoms with Gasteiger partial charge in [0.25, 0.3) is 0 Å². The number of sulfonamides is 1. The van der Waals surface area contributed by atoms with Crippen LogP contribution in [0.15, 0.2) is 59.5 Å². The van der Waals surface area contributed by atoms with Gasteiger partial charge >= 0.3 is 0 Å². The highest BCUT2D eigenvalue weighted by Gasteiger charge is 2.13. The van der Waals surface area contributed by atoms with Crippen molar-refractivity contribution < 1.29 is 17.9 Å². The minimum absolute atomic E-state index is 0.0220. The minimum Gasteiger partial charge on any atom is -0.494 e. The maximum Gasteiger partial charge on any atom is 0.240 e. The third-order valence-corrected chi connectivity index (χ3v) is 4.60. The number of carbonyl (C=O) groups is 1. The smallest absolute Gasteiger partial charge is 0.240 e. The predicted octanol–water partition coefficient (Wildman–Crippen LogP) is 2.39. The highest BCUT2D eigenvalue weighted by Crippen LogP contribution is 2.17. The van der Waals surface area contributed by atoms with E-state index in [4.69, 9.17) is 4.74 Å². The number of hydrogen-bond donors (Lipinski definition) is 2. The second-order valence-electron chi connectivity index (χ2n) is 4.97. The van der Waals surface area contributed by atoms with E-state index in [2.05, 4.69) is 10.0 Å². The Balaban J connectivity index is 1.84. The molecule has 0 fully saturated rings. The SMILES string of the molecule is CCOc1cccc(NC(=O)CCNS(=O)(=O)c2ccccc2)c1. The van der Waals surface area contributed by atoms with Gasteiger partial charge in [-0.1, -0.05) is 24.3 Å². The van der Waals surface area contributed by atoms with Crippen LogP contribution in [0.1, 0.15) is 13.3 Å². The van der Waals surface area contributed by atoms with Crippen LogP contribution in [0.25, 0.3) is 0 Å². The van der Waals surface area contributed by atoms with E-state index in [-0.39, 0.29) is 23.8 Å². The summed E-state index contributed by atoms with van der Waals surface area (Å²) in [5.74, 6) is 0.388. The first-order valence-electron chi connectivity index (χ1n) is 7.58. The van der Waals surface area contributed by atoms with E-state index >= 15 is 0 Å². The Morgan fingerprint density at radius 3 is 2.54 bits per heavy atom. The molecule has 0 aliphatic carbocycles. The lowest BCUT2D eigenvalue weighted by Gasteiger charge is -2.09. The Bertz CT molecular complexity index is 776. The number of ether oxygens (including phenoxy) is 1. The van der Waals surface area contributed by atoms with E-state index in [0.29, 0.717) is 18.0 Å². The van der Waals surface area contributed by atoms with Crippen LogP contribution in [0.4, 0.5) is 5.69 Å². The molecule has 128 valence electrons. The minimum atomic E-state index is -3.59. The Morgan fingerprint density at radius 2 is 1.83 bits per heavy atom. The summed E-state index contributed by atoms with van der Waals surface area (Å²) in [6.07, 6.45) is 0.0327. The van der Waals surface area contributed by atoms with E-state index in [1.807, 2.05) is 6.92 Å². The summed E-state index contributed by atoms with van der Waals surface area (Å²) in [4.78, 5) is 12.1. The highest BCUT2D eigenvalue weighted by molar-refractivity contribution is 7.89. The molecule has 1 amide bonds. The van der Waals surface area contributed by atoms with E-state index in [9.17, 15) is 13.2 Å².